The topological polar surface area (TPSA) is 33.6 Å². The molecule has 0 bridgehead atoms. The number of nitrogens with zero attached hydrogens (tertiary/aromatic N) is 1. The zero-order valence-corrected chi connectivity index (χ0v) is 11.9. The molecule has 92 valence electrons. The van der Waals surface area contributed by atoms with Crippen LogP contribution in [0.15, 0.2) is 33.7 Å². The van der Waals surface area contributed by atoms with E-state index >= 15 is 0 Å². The minimum absolute atomic E-state index is 0.696. The van der Waals surface area contributed by atoms with Crippen molar-refractivity contribution in [1.82, 2.24) is 5.32 Å². The lowest BCUT2D eigenvalue weighted by molar-refractivity contribution is 0.344. The van der Waals surface area contributed by atoms with E-state index in [9.17, 15) is 0 Å². The summed E-state index contributed by atoms with van der Waals surface area (Å²) in [4.78, 5) is 4.39. The zero-order chi connectivity index (χ0) is 11.9. The molecular weight excluding hydrogens is 300 g/mol. The highest BCUT2D eigenvalue weighted by Crippen LogP contribution is 2.18. The van der Waals surface area contributed by atoms with Gasteiger partial charge in [0.25, 0.3) is 0 Å². The van der Waals surface area contributed by atoms with Crippen LogP contribution < -0.4 is 10.1 Å². The second-order valence-electron chi connectivity index (χ2n) is 3.62. The van der Waals surface area contributed by atoms with E-state index in [0.717, 1.165) is 40.7 Å². The molecule has 1 aliphatic rings. The lowest BCUT2D eigenvalue weighted by Crippen LogP contribution is -2.27. The first kappa shape index (κ1) is 12.8. The second-order valence-corrected chi connectivity index (χ2v) is 5.62. The predicted octanol–water partition coefficient (Wildman–Crippen LogP) is 2.91. The van der Waals surface area contributed by atoms with Crippen molar-refractivity contribution in [2.24, 2.45) is 4.99 Å². The van der Waals surface area contributed by atoms with Crippen LogP contribution in [0.1, 0.15) is 6.42 Å². The SMILES string of the molecule is Brc1cccc(OCCSC2=NCCCN2)c1. The molecule has 1 heterocycles. The summed E-state index contributed by atoms with van der Waals surface area (Å²) >= 11 is 5.14. The lowest BCUT2D eigenvalue weighted by atomic mass is 10.3. The van der Waals surface area contributed by atoms with Gasteiger partial charge in [-0.05, 0) is 24.6 Å². The Balaban J connectivity index is 1.67. The minimum atomic E-state index is 0.696. The summed E-state index contributed by atoms with van der Waals surface area (Å²) in [6.07, 6.45) is 1.14. The number of hydrogen-bond acceptors (Lipinski definition) is 4. The first-order chi connectivity index (χ1) is 8.34. The first-order valence-electron chi connectivity index (χ1n) is 5.64. The van der Waals surface area contributed by atoms with E-state index in [2.05, 4.69) is 26.2 Å². The average Bonchev–Trinajstić information content (AvgIpc) is 2.36. The molecule has 0 saturated heterocycles. The van der Waals surface area contributed by atoms with Gasteiger partial charge in [0.05, 0.1) is 6.61 Å². The summed E-state index contributed by atoms with van der Waals surface area (Å²) in [5.41, 5.74) is 0. The van der Waals surface area contributed by atoms with Crippen molar-refractivity contribution in [3.05, 3.63) is 28.7 Å². The fraction of sp³-hybridized carbons (Fsp3) is 0.417. The number of ether oxygens (including phenoxy) is 1. The van der Waals surface area contributed by atoms with Crippen LogP contribution in [-0.4, -0.2) is 30.6 Å². The maximum absolute atomic E-state index is 5.64. The number of benzene rings is 1. The van der Waals surface area contributed by atoms with Gasteiger partial charge in [-0.3, -0.25) is 4.99 Å². The van der Waals surface area contributed by atoms with Crippen molar-refractivity contribution in [2.75, 3.05) is 25.4 Å². The summed E-state index contributed by atoms with van der Waals surface area (Å²) in [5, 5.41) is 4.33. The number of halogens is 1. The van der Waals surface area contributed by atoms with Crippen LogP contribution in [0.3, 0.4) is 0 Å². The van der Waals surface area contributed by atoms with Crippen LogP contribution in [0.5, 0.6) is 5.75 Å². The summed E-state index contributed by atoms with van der Waals surface area (Å²) in [7, 11) is 0. The van der Waals surface area contributed by atoms with Gasteiger partial charge >= 0.3 is 0 Å². The lowest BCUT2D eigenvalue weighted by Gasteiger charge is -2.13. The van der Waals surface area contributed by atoms with E-state index in [4.69, 9.17) is 4.74 Å². The molecule has 0 radical (unpaired) electrons. The van der Waals surface area contributed by atoms with Crippen LogP contribution in [0.2, 0.25) is 0 Å². The Kier molecular flexibility index (Phi) is 5.19. The third-order valence-corrected chi connectivity index (χ3v) is 3.66. The van der Waals surface area contributed by atoms with Gasteiger partial charge in [-0.15, -0.1) is 0 Å². The number of hydrogen-bond donors (Lipinski definition) is 1. The fourth-order valence-corrected chi connectivity index (χ4v) is 2.59. The van der Waals surface area contributed by atoms with Gasteiger partial charge in [-0.1, -0.05) is 33.8 Å². The normalized spacial score (nSPS) is 15.0. The first-order valence-corrected chi connectivity index (χ1v) is 7.42. The van der Waals surface area contributed by atoms with Gasteiger partial charge < -0.3 is 10.1 Å². The van der Waals surface area contributed by atoms with Crippen molar-refractivity contribution in [1.29, 1.82) is 0 Å². The van der Waals surface area contributed by atoms with Crippen molar-refractivity contribution in [3.8, 4) is 5.75 Å². The molecule has 1 aromatic carbocycles. The molecule has 2 rings (SSSR count). The highest BCUT2D eigenvalue weighted by atomic mass is 79.9. The van der Waals surface area contributed by atoms with Gasteiger partial charge in [0.2, 0.25) is 0 Å². The molecule has 1 aromatic rings. The molecular formula is C12H15BrN2OS. The summed E-state index contributed by atoms with van der Waals surface area (Å²) in [6, 6.07) is 7.90. The molecule has 0 aliphatic carbocycles. The van der Waals surface area contributed by atoms with E-state index in [1.54, 1.807) is 11.8 Å². The van der Waals surface area contributed by atoms with Gasteiger partial charge in [0.15, 0.2) is 5.17 Å². The predicted molar refractivity (Wildman–Crippen MR) is 77.0 cm³/mol. The Bertz CT molecular complexity index is 398. The van der Waals surface area contributed by atoms with Crippen LogP contribution in [0.4, 0.5) is 0 Å². The monoisotopic (exact) mass is 314 g/mol. The van der Waals surface area contributed by atoms with Crippen LogP contribution in [-0.2, 0) is 0 Å². The van der Waals surface area contributed by atoms with Gasteiger partial charge in [-0.2, -0.15) is 0 Å². The van der Waals surface area contributed by atoms with E-state index in [1.165, 1.54) is 0 Å². The van der Waals surface area contributed by atoms with E-state index in [1.807, 2.05) is 24.3 Å². The van der Waals surface area contributed by atoms with E-state index in [-0.39, 0.29) is 0 Å². The molecule has 0 aromatic heterocycles. The van der Waals surface area contributed by atoms with Crippen LogP contribution in [0.25, 0.3) is 0 Å². The minimum Gasteiger partial charge on any atom is -0.493 e. The van der Waals surface area contributed by atoms with E-state index in [0.29, 0.717) is 6.61 Å². The number of aliphatic imine (C=N–C) groups is 1. The largest absolute Gasteiger partial charge is 0.493 e. The Labute approximate surface area is 114 Å². The molecule has 0 atom stereocenters. The Morgan fingerprint density at radius 1 is 1.47 bits per heavy atom. The van der Waals surface area contributed by atoms with Crippen LogP contribution in [0, 0.1) is 0 Å². The molecule has 1 N–H and O–H groups in total. The molecule has 0 spiro atoms. The summed E-state index contributed by atoms with van der Waals surface area (Å²) in [6.45, 7) is 2.68. The third-order valence-electron chi connectivity index (χ3n) is 2.25. The molecule has 0 saturated carbocycles. The Hall–Kier alpha value is -0.680. The molecule has 0 amide bonds. The standard InChI is InChI=1S/C12H15BrN2OS/c13-10-3-1-4-11(9-10)16-7-8-17-12-14-5-2-6-15-12/h1,3-4,9H,2,5-8H2,(H,14,15). The quantitative estimate of drug-likeness (QED) is 0.868. The fourth-order valence-electron chi connectivity index (χ4n) is 1.46. The van der Waals surface area contributed by atoms with Crippen molar-refractivity contribution in [2.45, 2.75) is 6.42 Å². The smallest absolute Gasteiger partial charge is 0.156 e. The maximum Gasteiger partial charge on any atom is 0.156 e. The Morgan fingerprint density at radius 2 is 2.41 bits per heavy atom. The average molecular weight is 315 g/mol. The summed E-state index contributed by atoms with van der Waals surface area (Å²) < 4.78 is 6.69. The maximum atomic E-state index is 5.64. The number of amidine groups is 1. The third kappa shape index (κ3) is 4.60. The van der Waals surface area contributed by atoms with Crippen molar-refractivity contribution in [3.63, 3.8) is 0 Å². The molecule has 5 heteroatoms. The molecule has 3 nitrogen and oxygen atoms in total. The van der Waals surface area contributed by atoms with Crippen molar-refractivity contribution < 1.29 is 4.74 Å². The Morgan fingerprint density at radius 3 is 3.18 bits per heavy atom. The van der Waals surface area contributed by atoms with Gasteiger partial charge in [-0.25, -0.2) is 0 Å². The molecule has 0 fully saturated rings. The number of rotatable bonds is 4. The highest BCUT2D eigenvalue weighted by molar-refractivity contribution is 9.10. The van der Waals surface area contributed by atoms with Gasteiger partial charge in [0, 0.05) is 23.3 Å². The number of thioether (sulfide) groups is 1. The molecule has 17 heavy (non-hydrogen) atoms. The number of nitrogens with one attached hydrogen (secondary N) is 1. The zero-order valence-electron chi connectivity index (χ0n) is 9.49. The molecule has 0 unspecified atom stereocenters. The van der Waals surface area contributed by atoms with E-state index < -0.39 is 0 Å². The van der Waals surface area contributed by atoms with Crippen molar-refractivity contribution >= 4 is 32.9 Å². The molecule has 1 aliphatic heterocycles. The second kappa shape index (κ2) is 6.91. The highest BCUT2D eigenvalue weighted by Gasteiger charge is 2.04. The van der Waals surface area contributed by atoms with Gasteiger partial charge in [0.1, 0.15) is 5.75 Å². The van der Waals surface area contributed by atoms with Crippen LogP contribution >= 0.6 is 27.7 Å². The summed E-state index contributed by atoms with van der Waals surface area (Å²) in [5.74, 6) is 1.82.